The summed E-state index contributed by atoms with van der Waals surface area (Å²) >= 11 is 0. The molecule has 10 heavy (non-hydrogen) atoms. The van der Waals surface area contributed by atoms with Crippen LogP contribution in [-0.4, -0.2) is 4.98 Å². The minimum absolute atomic E-state index is 0.208. The van der Waals surface area contributed by atoms with E-state index in [2.05, 4.69) is 11.1 Å². The number of pyridine rings is 1. The van der Waals surface area contributed by atoms with Crippen LogP contribution in [0.2, 0.25) is 0 Å². The fourth-order valence-electron chi connectivity index (χ4n) is 0.628. The smallest absolute Gasteiger partial charge is 0.252 e. The zero-order valence-corrected chi connectivity index (χ0v) is 5.44. The summed E-state index contributed by atoms with van der Waals surface area (Å²) in [6.45, 7) is 1.66. The average molecular weight is 142 g/mol. The summed E-state index contributed by atoms with van der Waals surface area (Å²) < 4.78 is 23.7. The van der Waals surface area contributed by atoms with E-state index in [1.54, 1.807) is 13.0 Å². The highest BCUT2D eigenvalue weighted by Gasteiger charge is 2.06. The minimum atomic E-state index is -2.49. The third-order valence-electron chi connectivity index (χ3n) is 1.05. The van der Waals surface area contributed by atoms with Gasteiger partial charge in [-0.2, -0.15) is 0 Å². The fraction of sp³-hybridized carbons (Fsp3) is 0.286. The third kappa shape index (κ3) is 1.50. The number of aryl methyl sites for hydroxylation is 1. The van der Waals surface area contributed by atoms with Gasteiger partial charge in [0, 0.05) is 5.69 Å². The number of aromatic nitrogens is 1. The van der Waals surface area contributed by atoms with Crippen LogP contribution in [0.4, 0.5) is 8.78 Å². The van der Waals surface area contributed by atoms with Crippen molar-refractivity contribution in [1.29, 1.82) is 0 Å². The molecule has 1 aromatic rings. The van der Waals surface area contributed by atoms with Crippen LogP contribution < -0.4 is 0 Å². The van der Waals surface area contributed by atoms with Gasteiger partial charge in [-0.1, -0.05) is 0 Å². The lowest BCUT2D eigenvalue weighted by Gasteiger charge is -1.97. The SMILES string of the molecule is Cc1c[c]cc(C(F)F)n1. The van der Waals surface area contributed by atoms with Gasteiger partial charge in [0.05, 0.1) is 0 Å². The predicted octanol–water partition coefficient (Wildman–Crippen LogP) is 2.13. The van der Waals surface area contributed by atoms with E-state index in [0.29, 0.717) is 5.69 Å². The van der Waals surface area contributed by atoms with E-state index < -0.39 is 6.43 Å². The number of rotatable bonds is 1. The lowest BCUT2D eigenvalue weighted by Crippen LogP contribution is -1.90. The summed E-state index contributed by atoms with van der Waals surface area (Å²) in [6, 6.07) is 5.32. The summed E-state index contributed by atoms with van der Waals surface area (Å²) in [4.78, 5) is 3.59. The van der Waals surface area contributed by atoms with E-state index >= 15 is 0 Å². The van der Waals surface area contributed by atoms with Crippen LogP contribution in [0, 0.1) is 13.0 Å². The molecule has 0 fully saturated rings. The normalized spacial score (nSPS) is 10.4. The molecule has 0 aliphatic carbocycles. The van der Waals surface area contributed by atoms with Gasteiger partial charge in [-0.05, 0) is 25.1 Å². The van der Waals surface area contributed by atoms with E-state index in [0.717, 1.165) is 0 Å². The van der Waals surface area contributed by atoms with Gasteiger partial charge in [0.15, 0.2) is 0 Å². The molecule has 0 aliphatic rings. The Balaban J connectivity index is 2.96. The standard InChI is InChI=1S/C7H6F2N/c1-5-3-2-4-6(10-5)7(8)9/h3-4,7H,1H3. The Bertz CT molecular complexity index is 223. The highest BCUT2D eigenvalue weighted by molar-refractivity contribution is 5.09. The Hall–Kier alpha value is -0.990. The van der Waals surface area contributed by atoms with Gasteiger partial charge in [0.2, 0.25) is 0 Å². The van der Waals surface area contributed by atoms with Gasteiger partial charge in [-0.25, -0.2) is 8.78 Å². The first-order chi connectivity index (χ1) is 4.70. The number of nitrogens with zero attached hydrogens (tertiary/aromatic N) is 1. The molecule has 0 unspecified atom stereocenters. The van der Waals surface area contributed by atoms with Crippen molar-refractivity contribution in [1.82, 2.24) is 4.98 Å². The summed E-state index contributed by atoms with van der Waals surface area (Å²) in [5.41, 5.74) is 0.359. The monoisotopic (exact) mass is 142 g/mol. The molecule has 0 amide bonds. The molecule has 1 nitrogen and oxygen atoms in total. The van der Waals surface area contributed by atoms with E-state index in [-0.39, 0.29) is 5.69 Å². The van der Waals surface area contributed by atoms with E-state index in [1.807, 2.05) is 0 Å². The van der Waals surface area contributed by atoms with Gasteiger partial charge in [0.1, 0.15) is 5.69 Å². The lowest BCUT2D eigenvalue weighted by atomic mass is 10.3. The minimum Gasteiger partial charge on any atom is -0.252 e. The van der Waals surface area contributed by atoms with Crippen molar-refractivity contribution in [2.24, 2.45) is 0 Å². The summed E-state index contributed by atoms with van der Waals surface area (Å²) in [5.74, 6) is 0. The van der Waals surface area contributed by atoms with Gasteiger partial charge in [-0.3, -0.25) is 4.98 Å². The van der Waals surface area contributed by atoms with Gasteiger partial charge in [-0.15, -0.1) is 0 Å². The van der Waals surface area contributed by atoms with Crippen molar-refractivity contribution in [3.8, 4) is 0 Å². The van der Waals surface area contributed by atoms with Gasteiger partial charge < -0.3 is 0 Å². The Morgan fingerprint density at radius 3 is 2.60 bits per heavy atom. The summed E-state index contributed by atoms with van der Waals surface area (Å²) in [5, 5.41) is 0. The number of halogens is 2. The maximum Gasteiger partial charge on any atom is 0.280 e. The van der Waals surface area contributed by atoms with Gasteiger partial charge >= 0.3 is 0 Å². The molecule has 0 spiro atoms. The molecule has 0 aromatic carbocycles. The summed E-state index contributed by atoms with van der Waals surface area (Å²) in [7, 11) is 0. The molecule has 1 rings (SSSR count). The molecule has 0 N–H and O–H groups in total. The number of hydrogen-bond acceptors (Lipinski definition) is 1. The summed E-state index contributed by atoms with van der Waals surface area (Å²) in [6.07, 6.45) is -2.49. The van der Waals surface area contributed by atoms with Crippen LogP contribution in [0.1, 0.15) is 17.8 Å². The molecule has 53 valence electrons. The van der Waals surface area contributed by atoms with Crippen LogP contribution in [0.3, 0.4) is 0 Å². The molecular weight excluding hydrogens is 136 g/mol. The zero-order chi connectivity index (χ0) is 7.56. The first-order valence-corrected chi connectivity index (χ1v) is 2.83. The molecule has 0 aliphatic heterocycles. The first kappa shape index (κ1) is 7.12. The topological polar surface area (TPSA) is 12.9 Å². The quantitative estimate of drug-likeness (QED) is 0.585. The molecule has 0 saturated carbocycles. The average Bonchev–Trinajstić information content (AvgIpc) is 1.88. The number of hydrogen-bond donors (Lipinski definition) is 0. The largest absolute Gasteiger partial charge is 0.280 e. The van der Waals surface area contributed by atoms with E-state index in [9.17, 15) is 8.78 Å². The highest BCUT2D eigenvalue weighted by Crippen LogP contribution is 2.14. The predicted molar refractivity (Wildman–Crippen MR) is 32.8 cm³/mol. The second-order valence-corrected chi connectivity index (χ2v) is 1.93. The van der Waals surface area contributed by atoms with Crippen LogP contribution >= 0.6 is 0 Å². The number of alkyl halides is 2. The van der Waals surface area contributed by atoms with Crippen LogP contribution in [0.5, 0.6) is 0 Å². The fourth-order valence-corrected chi connectivity index (χ4v) is 0.628. The van der Waals surface area contributed by atoms with Crippen LogP contribution in [0.25, 0.3) is 0 Å². The van der Waals surface area contributed by atoms with Crippen LogP contribution in [0.15, 0.2) is 12.1 Å². The Labute approximate surface area is 57.7 Å². The molecule has 0 bridgehead atoms. The van der Waals surface area contributed by atoms with Gasteiger partial charge in [0.25, 0.3) is 6.43 Å². The van der Waals surface area contributed by atoms with Crippen molar-refractivity contribution < 1.29 is 8.78 Å². The van der Waals surface area contributed by atoms with E-state index in [4.69, 9.17) is 0 Å². The molecule has 1 radical (unpaired) electrons. The van der Waals surface area contributed by atoms with Crippen molar-refractivity contribution in [3.05, 3.63) is 29.6 Å². The van der Waals surface area contributed by atoms with Crippen molar-refractivity contribution in [3.63, 3.8) is 0 Å². The van der Waals surface area contributed by atoms with E-state index in [1.165, 1.54) is 6.07 Å². The molecular formula is C7H6F2N. The second-order valence-electron chi connectivity index (χ2n) is 1.93. The van der Waals surface area contributed by atoms with Crippen molar-refractivity contribution in [2.45, 2.75) is 13.3 Å². The lowest BCUT2D eigenvalue weighted by molar-refractivity contribution is 0.146. The Morgan fingerprint density at radius 1 is 1.50 bits per heavy atom. The molecule has 0 saturated heterocycles. The molecule has 0 atom stereocenters. The first-order valence-electron chi connectivity index (χ1n) is 2.83. The Morgan fingerprint density at radius 2 is 2.20 bits per heavy atom. The highest BCUT2D eigenvalue weighted by atomic mass is 19.3. The Kier molecular flexibility index (Phi) is 1.94. The molecule has 1 heterocycles. The maximum atomic E-state index is 11.9. The van der Waals surface area contributed by atoms with Crippen molar-refractivity contribution in [2.75, 3.05) is 0 Å². The molecule has 1 aromatic heterocycles. The molecule has 3 heteroatoms. The third-order valence-corrected chi connectivity index (χ3v) is 1.05. The van der Waals surface area contributed by atoms with Crippen LogP contribution in [-0.2, 0) is 0 Å². The second kappa shape index (κ2) is 2.73. The maximum absolute atomic E-state index is 11.9. The zero-order valence-electron chi connectivity index (χ0n) is 5.44. The van der Waals surface area contributed by atoms with Crippen molar-refractivity contribution >= 4 is 0 Å².